The Bertz CT molecular complexity index is 716. The lowest BCUT2D eigenvalue weighted by atomic mass is 10.0. The van der Waals surface area contributed by atoms with Crippen molar-refractivity contribution in [2.75, 3.05) is 13.3 Å². The second-order valence-corrected chi connectivity index (χ2v) is 13.2. The van der Waals surface area contributed by atoms with Gasteiger partial charge in [0.25, 0.3) is 0 Å². The summed E-state index contributed by atoms with van der Waals surface area (Å²) < 4.78 is 10.8. The van der Waals surface area contributed by atoms with E-state index in [4.69, 9.17) is 9.47 Å². The van der Waals surface area contributed by atoms with Crippen molar-refractivity contribution in [3.8, 4) is 11.5 Å². The van der Waals surface area contributed by atoms with Gasteiger partial charge in [0, 0.05) is 32.3 Å². The summed E-state index contributed by atoms with van der Waals surface area (Å²) in [6.45, 7) is 12.2. The highest BCUT2D eigenvalue weighted by Crippen LogP contribution is 2.37. The number of allylic oxidation sites excluding steroid dienone is 2. The van der Waals surface area contributed by atoms with Gasteiger partial charge >= 0.3 is 0 Å². The third kappa shape index (κ3) is 3.72. The molecule has 3 rings (SSSR count). The van der Waals surface area contributed by atoms with E-state index in [0.29, 0.717) is 12.2 Å². The van der Waals surface area contributed by atoms with Gasteiger partial charge in [-0.3, -0.25) is 4.79 Å². The predicted octanol–water partition coefficient (Wildman–Crippen LogP) is 3.97. The molecule has 1 aliphatic carbocycles. The van der Waals surface area contributed by atoms with Gasteiger partial charge in [0.2, 0.25) is 6.79 Å². The Balaban J connectivity index is 1.77. The van der Waals surface area contributed by atoms with E-state index in [0.717, 1.165) is 41.6 Å². The maximum Gasteiger partial charge on any atom is 0.231 e. The van der Waals surface area contributed by atoms with Crippen molar-refractivity contribution in [2.24, 2.45) is 0 Å². The van der Waals surface area contributed by atoms with Crippen LogP contribution in [0.4, 0.5) is 0 Å². The first-order valence-corrected chi connectivity index (χ1v) is 12.1. The summed E-state index contributed by atoms with van der Waals surface area (Å²) in [5.41, 5.74) is 3.93. The zero-order valence-corrected chi connectivity index (χ0v) is 15.7. The Labute approximate surface area is 144 Å². The molecule has 128 valence electrons. The Kier molecular flexibility index (Phi) is 4.54. The van der Waals surface area contributed by atoms with Crippen LogP contribution < -0.4 is 14.8 Å². The molecule has 0 radical (unpaired) electrons. The monoisotopic (exact) mass is 343 g/mol. The second kappa shape index (κ2) is 6.47. The van der Waals surface area contributed by atoms with Gasteiger partial charge in [0.05, 0.1) is 0 Å². The van der Waals surface area contributed by atoms with E-state index in [1.54, 1.807) is 0 Å². The van der Waals surface area contributed by atoms with Gasteiger partial charge in [-0.1, -0.05) is 37.9 Å². The van der Waals surface area contributed by atoms with E-state index in [-0.39, 0.29) is 12.6 Å². The van der Waals surface area contributed by atoms with E-state index in [1.165, 1.54) is 5.57 Å². The molecule has 1 N–H and O–H groups in total. The molecule has 0 saturated carbocycles. The van der Waals surface area contributed by atoms with Crippen molar-refractivity contribution in [3.63, 3.8) is 0 Å². The summed E-state index contributed by atoms with van der Waals surface area (Å²) in [5, 5.41) is 3.46. The second-order valence-electron chi connectivity index (χ2n) is 7.69. The molecule has 0 amide bonds. The van der Waals surface area contributed by atoms with Crippen LogP contribution in [0.3, 0.4) is 0 Å². The number of hydrogen-bond acceptors (Lipinski definition) is 4. The topological polar surface area (TPSA) is 47.6 Å². The van der Waals surface area contributed by atoms with Crippen LogP contribution >= 0.6 is 0 Å². The molecule has 1 aliphatic heterocycles. The SMILES string of the molecule is C=C(CNC1=C(c2ccc3c(c2)OCO3)C(=O)CC1)C[Si](C)(C)C. The minimum atomic E-state index is -1.16. The lowest BCUT2D eigenvalue weighted by Crippen LogP contribution is -2.24. The molecule has 2 aliphatic rings. The van der Waals surface area contributed by atoms with Gasteiger partial charge in [-0.15, -0.1) is 0 Å². The number of nitrogens with one attached hydrogen (secondary N) is 1. The molecule has 4 nitrogen and oxygen atoms in total. The third-order valence-corrected chi connectivity index (χ3v) is 5.74. The minimum Gasteiger partial charge on any atom is -0.454 e. The average molecular weight is 343 g/mol. The average Bonchev–Trinajstić information content (AvgIpc) is 3.08. The number of hydrogen-bond donors (Lipinski definition) is 1. The van der Waals surface area contributed by atoms with Gasteiger partial charge < -0.3 is 14.8 Å². The van der Waals surface area contributed by atoms with Crippen molar-refractivity contribution in [1.29, 1.82) is 0 Å². The van der Waals surface area contributed by atoms with Gasteiger partial charge in [-0.25, -0.2) is 0 Å². The van der Waals surface area contributed by atoms with Gasteiger partial charge in [-0.2, -0.15) is 0 Å². The van der Waals surface area contributed by atoms with Crippen LogP contribution in [0.1, 0.15) is 18.4 Å². The molecule has 5 heteroatoms. The Hall–Kier alpha value is -2.01. The summed E-state index contributed by atoms with van der Waals surface area (Å²) in [6, 6.07) is 6.81. The highest BCUT2D eigenvalue weighted by molar-refractivity contribution is 6.76. The summed E-state index contributed by atoms with van der Waals surface area (Å²) in [7, 11) is -1.16. The zero-order chi connectivity index (χ0) is 17.3. The van der Waals surface area contributed by atoms with E-state index < -0.39 is 8.07 Å². The Morgan fingerprint density at radius 1 is 1.21 bits per heavy atom. The van der Waals surface area contributed by atoms with Gasteiger partial charge in [0.1, 0.15) is 0 Å². The lowest BCUT2D eigenvalue weighted by Gasteiger charge is -2.19. The van der Waals surface area contributed by atoms with Crippen LogP contribution in [0.15, 0.2) is 36.0 Å². The summed E-state index contributed by atoms with van der Waals surface area (Å²) in [5.74, 6) is 1.64. The maximum absolute atomic E-state index is 12.4. The molecule has 1 heterocycles. The molecule has 0 aromatic heterocycles. The summed E-state index contributed by atoms with van der Waals surface area (Å²) >= 11 is 0. The molecule has 0 bridgehead atoms. The first kappa shape index (κ1) is 16.8. The lowest BCUT2D eigenvalue weighted by molar-refractivity contribution is -0.113. The third-order valence-electron chi connectivity index (χ3n) is 4.18. The number of ether oxygens (including phenoxy) is 2. The van der Waals surface area contributed by atoms with Crippen LogP contribution in [-0.4, -0.2) is 27.2 Å². The van der Waals surface area contributed by atoms with Crippen LogP contribution in [0.25, 0.3) is 5.57 Å². The van der Waals surface area contributed by atoms with Crippen molar-refractivity contribution in [2.45, 2.75) is 38.5 Å². The number of Topliss-reactive ketones (excluding diaryl/α,β-unsaturated/α-hetero) is 1. The highest BCUT2D eigenvalue weighted by Gasteiger charge is 2.26. The number of benzene rings is 1. The molecule has 24 heavy (non-hydrogen) atoms. The number of carbonyl (C=O) groups is 1. The van der Waals surface area contributed by atoms with Crippen molar-refractivity contribution < 1.29 is 14.3 Å². The summed E-state index contributed by atoms with van der Waals surface area (Å²) in [6.07, 6.45) is 1.33. The Morgan fingerprint density at radius 3 is 2.71 bits per heavy atom. The molecule has 1 aromatic rings. The van der Waals surface area contributed by atoms with Crippen molar-refractivity contribution in [3.05, 3.63) is 41.6 Å². The number of rotatable bonds is 6. The van der Waals surface area contributed by atoms with Crippen LogP contribution in [0.5, 0.6) is 11.5 Å². The molecule has 0 spiro atoms. The minimum absolute atomic E-state index is 0.187. The van der Waals surface area contributed by atoms with Crippen molar-refractivity contribution >= 4 is 19.4 Å². The van der Waals surface area contributed by atoms with Gasteiger partial charge in [0.15, 0.2) is 17.3 Å². The molecule has 1 aromatic carbocycles. The molecule has 0 atom stereocenters. The number of carbonyl (C=O) groups excluding carboxylic acids is 1. The van der Waals surface area contributed by atoms with Crippen LogP contribution in [-0.2, 0) is 4.79 Å². The number of fused-ring (bicyclic) bond motifs is 1. The van der Waals surface area contributed by atoms with E-state index >= 15 is 0 Å². The number of ketones is 1. The van der Waals surface area contributed by atoms with Crippen LogP contribution in [0.2, 0.25) is 25.7 Å². The first-order chi connectivity index (χ1) is 11.3. The van der Waals surface area contributed by atoms with E-state index in [9.17, 15) is 4.79 Å². The zero-order valence-electron chi connectivity index (χ0n) is 14.7. The molecular formula is C19H25NO3Si. The highest BCUT2D eigenvalue weighted by atomic mass is 28.3. The fourth-order valence-electron chi connectivity index (χ4n) is 3.27. The molecule has 0 unspecified atom stereocenters. The predicted molar refractivity (Wildman–Crippen MR) is 99.0 cm³/mol. The van der Waals surface area contributed by atoms with Gasteiger partial charge in [-0.05, 0) is 30.2 Å². The first-order valence-electron chi connectivity index (χ1n) is 8.40. The largest absolute Gasteiger partial charge is 0.454 e. The Morgan fingerprint density at radius 2 is 1.96 bits per heavy atom. The molecular weight excluding hydrogens is 318 g/mol. The quantitative estimate of drug-likeness (QED) is 0.627. The molecule has 0 saturated heterocycles. The smallest absolute Gasteiger partial charge is 0.231 e. The van der Waals surface area contributed by atoms with E-state index in [1.807, 2.05) is 18.2 Å². The maximum atomic E-state index is 12.4. The van der Waals surface area contributed by atoms with Crippen molar-refractivity contribution in [1.82, 2.24) is 5.32 Å². The fourth-order valence-corrected chi connectivity index (χ4v) is 4.89. The molecule has 0 fully saturated rings. The van der Waals surface area contributed by atoms with Crippen LogP contribution in [0, 0.1) is 0 Å². The normalized spacial score (nSPS) is 16.7. The fraction of sp³-hybridized carbons (Fsp3) is 0.421. The standard InChI is InChI=1S/C19H25NO3Si/c1-13(11-24(2,3)4)10-20-15-6-7-16(21)19(15)14-5-8-17-18(9-14)23-12-22-17/h5,8-9,20H,1,6-7,10-12H2,2-4H3. The summed E-state index contributed by atoms with van der Waals surface area (Å²) in [4.78, 5) is 12.4. The van der Waals surface area contributed by atoms with E-state index in [2.05, 4.69) is 31.5 Å².